The smallest absolute Gasteiger partial charge is 0.337 e. The number of rotatable bonds is 5. The van der Waals surface area contributed by atoms with Gasteiger partial charge in [0.15, 0.2) is 5.78 Å². The molecule has 4 heteroatoms. The third kappa shape index (κ3) is 3.53. The van der Waals surface area contributed by atoms with Crippen molar-refractivity contribution in [3.8, 4) is 5.75 Å². The molecule has 25 heavy (non-hydrogen) atoms. The molecule has 0 saturated carbocycles. The van der Waals surface area contributed by atoms with Crippen LogP contribution in [0.3, 0.4) is 0 Å². The average molecular weight is 334 g/mol. The molecular formula is C21H18O4. The molecule has 0 amide bonds. The van der Waals surface area contributed by atoms with E-state index in [9.17, 15) is 9.59 Å². The SMILES string of the molecule is COC(=O)c1cc(C(C)=O)c2cccc(OCc3ccccc3)c2c1. The molecule has 0 aliphatic carbocycles. The fourth-order valence-corrected chi connectivity index (χ4v) is 2.75. The first-order valence-electron chi connectivity index (χ1n) is 7.93. The Hall–Kier alpha value is -3.14. The highest BCUT2D eigenvalue weighted by molar-refractivity contribution is 6.11. The van der Waals surface area contributed by atoms with E-state index in [1.54, 1.807) is 12.1 Å². The fourth-order valence-electron chi connectivity index (χ4n) is 2.75. The number of carbonyl (C=O) groups is 2. The lowest BCUT2D eigenvalue weighted by atomic mass is 9.98. The van der Waals surface area contributed by atoms with Gasteiger partial charge in [-0.15, -0.1) is 0 Å². The zero-order valence-electron chi connectivity index (χ0n) is 14.1. The molecule has 0 heterocycles. The van der Waals surface area contributed by atoms with Gasteiger partial charge in [-0.25, -0.2) is 4.79 Å². The van der Waals surface area contributed by atoms with Gasteiger partial charge in [0.2, 0.25) is 0 Å². The molecule has 0 spiro atoms. The van der Waals surface area contributed by atoms with Crippen molar-refractivity contribution in [1.29, 1.82) is 0 Å². The number of Topliss-reactive ketones (excluding diaryl/α,β-unsaturated/α-hetero) is 1. The molecule has 0 radical (unpaired) electrons. The van der Waals surface area contributed by atoms with Gasteiger partial charge in [-0.1, -0.05) is 42.5 Å². The maximum absolute atomic E-state index is 12.0. The maximum Gasteiger partial charge on any atom is 0.337 e. The molecule has 3 aromatic carbocycles. The van der Waals surface area contributed by atoms with E-state index in [0.29, 0.717) is 28.9 Å². The largest absolute Gasteiger partial charge is 0.488 e. The number of hydrogen-bond donors (Lipinski definition) is 0. The molecule has 3 aromatic rings. The number of esters is 1. The zero-order chi connectivity index (χ0) is 17.8. The summed E-state index contributed by atoms with van der Waals surface area (Å²) in [5.41, 5.74) is 1.84. The van der Waals surface area contributed by atoms with E-state index in [-0.39, 0.29) is 5.78 Å². The Morgan fingerprint density at radius 2 is 1.68 bits per heavy atom. The molecule has 0 atom stereocenters. The van der Waals surface area contributed by atoms with E-state index in [2.05, 4.69) is 0 Å². The summed E-state index contributed by atoms with van der Waals surface area (Å²) < 4.78 is 10.7. The van der Waals surface area contributed by atoms with Crippen LogP contribution in [-0.4, -0.2) is 18.9 Å². The van der Waals surface area contributed by atoms with Crippen molar-refractivity contribution in [2.45, 2.75) is 13.5 Å². The van der Waals surface area contributed by atoms with Gasteiger partial charge in [0.05, 0.1) is 12.7 Å². The molecule has 0 aliphatic rings. The van der Waals surface area contributed by atoms with Crippen LogP contribution in [0.4, 0.5) is 0 Å². The van der Waals surface area contributed by atoms with E-state index in [1.165, 1.54) is 14.0 Å². The van der Waals surface area contributed by atoms with Crippen LogP contribution >= 0.6 is 0 Å². The summed E-state index contributed by atoms with van der Waals surface area (Å²) in [6, 6.07) is 18.6. The molecule has 0 fully saturated rings. The lowest BCUT2D eigenvalue weighted by Crippen LogP contribution is -2.05. The highest BCUT2D eigenvalue weighted by Gasteiger charge is 2.15. The van der Waals surface area contributed by atoms with Crippen molar-refractivity contribution in [3.63, 3.8) is 0 Å². The van der Waals surface area contributed by atoms with Gasteiger partial charge in [0.25, 0.3) is 0 Å². The molecule has 0 saturated heterocycles. The summed E-state index contributed by atoms with van der Waals surface area (Å²) in [6.45, 7) is 1.88. The predicted octanol–water partition coefficient (Wildman–Crippen LogP) is 4.41. The Balaban J connectivity index is 2.07. The van der Waals surface area contributed by atoms with Crippen LogP contribution in [0, 0.1) is 0 Å². The van der Waals surface area contributed by atoms with Gasteiger partial charge in [-0.3, -0.25) is 4.79 Å². The molecule has 0 aromatic heterocycles. The van der Waals surface area contributed by atoms with Crippen molar-refractivity contribution in [3.05, 3.63) is 77.4 Å². The third-order valence-corrected chi connectivity index (χ3v) is 3.99. The van der Waals surface area contributed by atoms with Crippen LogP contribution in [0.5, 0.6) is 5.75 Å². The van der Waals surface area contributed by atoms with Gasteiger partial charge in [0.1, 0.15) is 12.4 Å². The minimum atomic E-state index is -0.484. The van der Waals surface area contributed by atoms with Gasteiger partial charge in [-0.05, 0) is 36.1 Å². The molecule has 4 nitrogen and oxygen atoms in total. The van der Waals surface area contributed by atoms with Crippen LogP contribution in [0.2, 0.25) is 0 Å². The lowest BCUT2D eigenvalue weighted by Gasteiger charge is -2.13. The minimum Gasteiger partial charge on any atom is -0.488 e. The summed E-state index contributed by atoms with van der Waals surface area (Å²) in [4.78, 5) is 24.0. The Morgan fingerprint density at radius 3 is 2.36 bits per heavy atom. The minimum absolute atomic E-state index is 0.115. The number of hydrogen-bond acceptors (Lipinski definition) is 4. The normalized spacial score (nSPS) is 10.5. The van der Waals surface area contributed by atoms with E-state index >= 15 is 0 Å². The standard InChI is InChI=1S/C21H18O4/c1-14(22)18-11-16(21(23)24-2)12-19-17(18)9-6-10-20(19)25-13-15-7-4-3-5-8-15/h3-12H,13H2,1-2H3. The number of ether oxygens (including phenoxy) is 2. The van der Waals surface area contributed by atoms with E-state index in [1.807, 2.05) is 48.5 Å². The van der Waals surface area contributed by atoms with Crippen LogP contribution in [0.25, 0.3) is 10.8 Å². The molecule has 0 N–H and O–H groups in total. The third-order valence-electron chi connectivity index (χ3n) is 3.99. The molecule has 3 rings (SSSR count). The summed E-state index contributed by atoms with van der Waals surface area (Å²) >= 11 is 0. The van der Waals surface area contributed by atoms with Crippen LogP contribution in [0.1, 0.15) is 33.2 Å². The second kappa shape index (κ2) is 7.18. The van der Waals surface area contributed by atoms with Crippen molar-refractivity contribution in [2.75, 3.05) is 7.11 Å². The maximum atomic E-state index is 12.0. The molecule has 0 bridgehead atoms. The van der Waals surface area contributed by atoms with Gasteiger partial charge < -0.3 is 9.47 Å². The first kappa shape index (κ1) is 16.7. The highest BCUT2D eigenvalue weighted by atomic mass is 16.5. The van der Waals surface area contributed by atoms with Gasteiger partial charge >= 0.3 is 5.97 Å². The first-order valence-corrected chi connectivity index (χ1v) is 7.93. The Bertz CT molecular complexity index is 929. The zero-order valence-corrected chi connectivity index (χ0v) is 14.1. The average Bonchev–Trinajstić information content (AvgIpc) is 2.65. The van der Waals surface area contributed by atoms with Crippen LogP contribution in [0.15, 0.2) is 60.7 Å². The Morgan fingerprint density at radius 1 is 0.920 bits per heavy atom. The number of fused-ring (bicyclic) bond motifs is 1. The fraction of sp³-hybridized carbons (Fsp3) is 0.143. The first-order chi connectivity index (χ1) is 12.1. The molecular weight excluding hydrogens is 316 g/mol. The lowest BCUT2D eigenvalue weighted by molar-refractivity contribution is 0.0601. The van der Waals surface area contributed by atoms with E-state index in [4.69, 9.17) is 9.47 Å². The van der Waals surface area contributed by atoms with Crippen molar-refractivity contribution < 1.29 is 19.1 Å². The predicted molar refractivity (Wildman–Crippen MR) is 96.1 cm³/mol. The number of benzene rings is 3. The number of carbonyl (C=O) groups excluding carboxylic acids is 2. The van der Waals surface area contributed by atoms with Crippen molar-refractivity contribution >= 4 is 22.5 Å². The monoisotopic (exact) mass is 334 g/mol. The number of ketones is 1. The summed E-state index contributed by atoms with van der Waals surface area (Å²) in [5, 5.41) is 1.47. The summed E-state index contributed by atoms with van der Waals surface area (Å²) in [5.74, 6) is 0.0211. The molecule has 0 unspecified atom stereocenters. The van der Waals surface area contributed by atoms with Crippen LogP contribution in [-0.2, 0) is 11.3 Å². The van der Waals surface area contributed by atoms with Gasteiger partial charge in [-0.2, -0.15) is 0 Å². The quantitative estimate of drug-likeness (QED) is 0.512. The molecule has 126 valence electrons. The Labute approximate surface area is 146 Å². The van der Waals surface area contributed by atoms with E-state index < -0.39 is 5.97 Å². The second-order valence-corrected chi connectivity index (χ2v) is 5.70. The second-order valence-electron chi connectivity index (χ2n) is 5.70. The van der Waals surface area contributed by atoms with Crippen molar-refractivity contribution in [2.24, 2.45) is 0 Å². The number of methoxy groups -OCH3 is 1. The van der Waals surface area contributed by atoms with Crippen molar-refractivity contribution in [1.82, 2.24) is 0 Å². The Kier molecular flexibility index (Phi) is 4.80. The molecule has 0 aliphatic heterocycles. The van der Waals surface area contributed by atoms with Gasteiger partial charge in [0, 0.05) is 10.9 Å². The summed E-state index contributed by atoms with van der Waals surface area (Å²) in [7, 11) is 1.32. The highest BCUT2D eigenvalue weighted by Crippen LogP contribution is 2.30. The topological polar surface area (TPSA) is 52.6 Å². The summed E-state index contributed by atoms with van der Waals surface area (Å²) in [6.07, 6.45) is 0. The van der Waals surface area contributed by atoms with Crippen LogP contribution < -0.4 is 4.74 Å². The van der Waals surface area contributed by atoms with E-state index in [0.717, 1.165) is 10.9 Å².